The van der Waals surface area contributed by atoms with Gasteiger partial charge in [0.2, 0.25) is 0 Å². The second-order valence-electron chi connectivity index (χ2n) is 2.40. The molecule has 0 saturated heterocycles. The van der Waals surface area contributed by atoms with Crippen molar-refractivity contribution in [3.63, 3.8) is 0 Å². The van der Waals surface area contributed by atoms with E-state index < -0.39 is 35.9 Å². The van der Waals surface area contributed by atoms with E-state index in [1.807, 2.05) is 0 Å². The molecule has 0 atom stereocenters. The van der Waals surface area contributed by atoms with Crippen molar-refractivity contribution in [1.82, 2.24) is 0 Å². The highest BCUT2D eigenvalue weighted by Crippen LogP contribution is 2.40. The molecule has 0 unspecified atom stereocenters. The van der Waals surface area contributed by atoms with Crippen LogP contribution in [0.25, 0.3) is 0 Å². The van der Waals surface area contributed by atoms with Crippen molar-refractivity contribution in [2.75, 3.05) is 0 Å². The molecule has 14 heteroatoms. The van der Waals surface area contributed by atoms with Gasteiger partial charge in [-0.1, -0.05) is 0 Å². The lowest BCUT2D eigenvalue weighted by Gasteiger charge is -2.21. The Balaban J connectivity index is 4.75. The van der Waals surface area contributed by atoms with E-state index in [1.165, 1.54) is 0 Å². The molecule has 0 aliphatic heterocycles. The summed E-state index contributed by atoms with van der Waals surface area (Å²) in [6.45, 7) is 0. The van der Waals surface area contributed by atoms with Crippen molar-refractivity contribution in [1.29, 1.82) is 0 Å². The van der Waals surface area contributed by atoms with Crippen LogP contribution in [0.4, 0.5) is 43.9 Å². The minimum atomic E-state index is -6.47. The van der Waals surface area contributed by atoms with Gasteiger partial charge >= 0.3 is 35.9 Å². The Kier molecular flexibility index (Phi) is 4.64. The highest BCUT2D eigenvalue weighted by Gasteiger charge is 2.65. The molecule has 110 valence electrons. The molecular weight excluding hydrogens is 318 g/mol. The van der Waals surface area contributed by atoms with Gasteiger partial charge in [0, 0.05) is 0 Å². The maximum absolute atomic E-state index is 11.9. The summed E-state index contributed by atoms with van der Waals surface area (Å²) >= 11 is -4.69. The number of rotatable bonds is 4. The van der Waals surface area contributed by atoms with Gasteiger partial charge in [-0.25, -0.2) is 0 Å². The number of hydrogen-bond donors (Lipinski definition) is 0. The minimum absolute atomic E-state index is 2.14. The van der Waals surface area contributed by atoms with Crippen LogP contribution in [0.2, 0.25) is 0 Å². The highest BCUT2D eigenvalue weighted by molar-refractivity contribution is 7.75. The molecule has 0 rings (SSSR count). The summed E-state index contributed by atoms with van der Waals surface area (Å²) in [5.74, 6) is 0. The quantitative estimate of drug-likeness (QED) is 0.748. The predicted molar refractivity (Wildman–Crippen MR) is 32.3 cm³/mol. The van der Waals surface area contributed by atoms with Gasteiger partial charge in [-0.3, -0.25) is 0 Å². The lowest BCUT2D eigenvalue weighted by molar-refractivity contribution is -0.376. The second kappa shape index (κ2) is 4.80. The monoisotopic (exact) mass is 318 g/mol. The molecule has 0 heterocycles. The van der Waals surface area contributed by atoms with Crippen LogP contribution in [-0.4, -0.2) is 28.8 Å². The van der Waals surface area contributed by atoms with Gasteiger partial charge in [-0.2, -0.15) is 56.5 Å². The molecule has 0 radical (unpaired) electrons. The molecule has 0 aromatic heterocycles. The van der Waals surface area contributed by atoms with Gasteiger partial charge in [-0.15, -0.1) is 0 Å². The van der Waals surface area contributed by atoms with Crippen LogP contribution in [0.15, 0.2) is 0 Å². The van der Waals surface area contributed by atoms with Crippen molar-refractivity contribution in [2.24, 2.45) is 0 Å². The summed E-state index contributed by atoms with van der Waals surface area (Å²) < 4.78 is 130. The summed E-state index contributed by atoms with van der Waals surface area (Å²) in [5.41, 5.74) is 0. The maximum atomic E-state index is 11.9. The van der Waals surface area contributed by atoms with Crippen molar-refractivity contribution >= 4 is 11.4 Å². The first kappa shape index (κ1) is 17.4. The molecule has 0 aliphatic rings. The lowest BCUT2D eigenvalue weighted by atomic mass is 10.6. The molecular formula is C4F10O3S. The predicted octanol–water partition coefficient (Wildman–Crippen LogP) is 2.91. The van der Waals surface area contributed by atoms with E-state index in [4.69, 9.17) is 0 Å². The molecule has 3 nitrogen and oxygen atoms in total. The number of hydrogen-bond acceptors (Lipinski definition) is 3. The Hall–Kier alpha value is -0.630. The van der Waals surface area contributed by atoms with E-state index in [2.05, 4.69) is 8.37 Å². The Bertz CT molecular complexity index is 288. The summed E-state index contributed by atoms with van der Waals surface area (Å²) in [5, 5.41) is 0. The first-order valence-corrected chi connectivity index (χ1v) is 4.30. The fraction of sp³-hybridized carbons (Fsp3) is 1.00. The molecule has 0 aliphatic carbocycles. The van der Waals surface area contributed by atoms with Gasteiger partial charge in [0.25, 0.3) is 0 Å². The molecule has 0 fully saturated rings. The van der Waals surface area contributed by atoms with Gasteiger partial charge in [-0.05, 0) is 0 Å². The zero-order valence-corrected chi connectivity index (χ0v) is 8.23. The first-order valence-electron chi connectivity index (χ1n) is 3.30. The molecule has 0 bridgehead atoms. The topological polar surface area (TPSA) is 35.5 Å². The van der Waals surface area contributed by atoms with Crippen LogP contribution in [0, 0.1) is 0 Å². The van der Waals surface area contributed by atoms with Crippen molar-refractivity contribution in [3.8, 4) is 0 Å². The van der Waals surface area contributed by atoms with Crippen LogP contribution in [0.5, 0.6) is 0 Å². The van der Waals surface area contributed by atoms with Crippen LogP contribution in [0.3, 0.4) is 0 Å². The highest BCUT2D eigenvalue weighted by atomic mass is 32.2. The molecule has 0 aromatic rings. The Labute approximate surface area is 93.5 Å². The van der Waals surface area contributed by atoms with E-state index in [0.717, 1.165) is 0 Å². The van der Waals surface area contributed by atoms with Crippen LogP contribution in [0.1, 0.15) is 0 Å². The second-order valence-corrected chi connectivity index (χ2v) is 3.14. The minimum Gasteiger partial charge on any atom is -0.197 e. The molecule has 18 heavy (non-hydrogen) atoms. The molecule has 0 saturated carbocycles. The van der Waals surface area contributed by atoms with E-state index >= 15 is 0 Å². The zero-order valence-electron chi connectivity index (χ0n) is 7.41. The Morgan fingerprint density at radius 2 is 0.833 bits per heavy atom. The van der Waals surface area contributed by atoms with E-state index in [9.17, 15) is 48.1 Å². The largest absolute Gasteiger partial charge is 0.484 e. The number of alkyl halides is 10. The van der Waals surface area contributed by atoms with E-state index in [1.54, 1.807) is 0 Å². The normalized spacial score (nSPS) is 15.3. The molecule has 0 aromatic carbocycles. The first-order chi connectivity index (χ1) is 7.60. The Morgan fingerprint density at radius 1 is 0.611 bits per heavy atom. The molecule has 0 amide bonds. The third-order valence-electron chi connectivity index (χ3n) is 1.01. The standard InChI is InChI=1S/C4F10O3S/c5-1(6,7)3(11,12)16-18(15)17-4(13,14)2(8,9)10. The molecule has 0 N–H and O–H groups in total. The third-order valence-corrected chi connectivity index (χ3v) is 1.70. The maximum Gasteiger partial charge on any atom is 0.484 e. The summed E-state index contributed by atoms with van der Waals surface area (Å²) in [6.07, 6.45) is -25.4. The average molecular weight is 318 g/mol. The van der Waals surface area contributed by atoms with Gasteiger partial charge in [0.05, 0.1) is 0 Å². The van der Waals surface area contributed by atoms with Crippen molar-refractivity contribution in [3.05, 3.63) is 0 Å². The van der Waals surface area contributed by atoms with Crippen molar-refractivity contribution in [2.45, 2.75) is 24.6 Å². The van der Waals surface area contributed by atoms with E-state index in [-0.39, 0.29) is 0 Å². The van der Waals surface area contributed by atoms with E-state index in [0.29, 0.717) is 0 Å². The number of halogens is 10. The van der Waals surface area contributed by atoms with Crippen LogP contribution < -0.4 is 0 Å². The lowest BCUT2D eigenvalue weighted by Crippen LogP contribution is -2.44. The zero-order chi connectivity index (χ0) is 15.0. The SMILES string of the molecule is O=S(OC(F)(F)C(F)(F)F)OC(F)(F)C(F)(F)F. The van der Waals surface area contributed by atoms with Gasteiger partial charge in [0.1, 0.15) is 0 Å². The van der Waals surface area contributed by atoms with Crippen molar-refractivity contribution < 1.29 is 56.5 Å². The summed E-state index contributed by atoms with van der Waals surface area (Å²) in [4.78, 5) is 0. The third kappa shape index (κ3) is 4.24. The fourth-order valence-corrected chi connectivity index (χ4v) is 0.847. The summed E-state index contributed by atoms with van der Waals surface area (Å²) in [6, 6.07) is 0. The van der Waals surface area contributed by atoms with Crippen LogP contribution in [-0.2, 0) is 19.7 Å². The fourth-order valence-electron chi connectivity index (χ4n) is 0.282. The summed E-state index contributed by atoms with van der Waals surface area (Å²) in [7, 11) is 0. The Morgan fingerprint density at radius 3 is 1.00 bits per heavy atom. The smallest absolute Gasteiger partial charge is 0.197 e. The molecule has 0 spiro atoms. The average Bonchev–Trinajstić information content (AvgIpc) is 1.95. The van der Waals surface area contributed by atoms with Gasteiger partial charge in [0.15, 0.2) is 0 Å². The van der Waals surface area contributed by atoms with Crippen LogP contribution >= 0.6 is 0 Å². The van der Waals surface area contributed by atoms with Gasteiger partial charge < -0.3 is 0 Å².